The van der Waals surface area contributed by atoms with Crippen molar-refractivity contribution < 1.29 is 4.74 Å². The van der Waals surface area contributed by atoms with Gasteiger partial charge in [0.1, 0.15) is 12.4 Å². The highest BCUT2D eigenvalue weighted by Crippen LogP contribution is 2.10. The van der Waals surface area contributed by atoms with Gasteiger partial charge in [-0.3, -0.25) is 9.89 Å². The van der Waals surface area contributed by atoms with E-state index in [9.17, 15) is 0 Å². The molecule has 0 bridgehead atoms. The monoisotopic (exact) mass is 489 g/mol. The van der Waals surface area contributed by atoms with Gasteiger partial charge in [-0.25, -0.2) is 0 Å². The first-order valence-electron chi connectivity index (χ1n) is 9.72. The van der Waals surface area contributed by atoms with E-state index < -0.39 is 0 Å². The normalized spacial score (nSPS) is 17.1. The van der Waals surface area contributed by atoms with Crippen molar-refractivity contribution in [2.75, 3.05) is 59.5 Å². The quantitative estimate of drug-likeness (QED) is 0.254. The molecule has 1 aromatic carbocycles. The predicted molar refractivity (Wildman–Crippen MR) is 125 cm³/mol. The minimum Gasteiger partial charge on any atom is -0.492 e. The summed E-state index contributed by atoms with van der Waals surface area (Å²) in [6.45, 7) is 14.0. The molecular weight excluding hydrogens is 453 g/mol. The highest BCUT2D eigenvalue weighted by Gasteiger charge is 2.18. The molecule has 0 radical (unpaired) electrons. The van der Waals surface area contributed by atoms with Crippen molar-refractivity contribution in [3.63, 3.8) is 0 Å². The van der Waals surface area contributed by atoms with Gasteiger partial charge in [0, 0.05) is 38.8 Å². The summed E-state index contributed by atoms with van der Waals surface area (Å²) in [5, 5.41) is 6.67. The number of halogens is 1. The van der Waals surface area contributed by atoms with Crippen LogP contribution >= 0.6 is 24.0 Å². The van der Waals surface area contributed by atoms with Crippen LogP contribution in [0.2, 0.25) is 0 Å². The average molecular weight is 489 g/mol. The number of nitrogens with zero attached hydrogens (tertiary/aromatic N) is 3. The molecule has 0 amide bonds. The van der Waals surface area contributed by atoms with Crippen LogP contribution in [0.25, 0.3) is 0 Å². The van der Waals surface area contributed by atoms with Crippen molar-refractivity contribution in [1.29, 1.82) is 0 Å². The van der Waals surface area contributed by atoms with Gasteiger partial charge in [0.25, 0.3) is 0 Å². The maximum Gasteiger partial charge on any atom is 0.191 e. The first kappa shape index (κ1) is 24.0. The van der Waals surface area contributed by atoms with Crippen LogP contribution in [-0.4, -0.2) is 81.3 Å². The number of hydrogen-bond acceptors (Lipinski definition) is 4. The van der Waals surface area contributed by atoms with Gasteiger partial charge in [-0.1, -0.05) is 17.7 Å². The van der Waals surface area contributed by atoms with E-state index in [1.807, 2.05) is 12.1 Å². The Morgan fingerprint density at radius 2 is 1.81 bits per heavy atom. The Bertz CT molecular complexity index is 544. The number of benzene rings is 1. The van der Waals surface area contributed by atoms with Gasteiger partial charge < -0.3 is 20.3 Å². The fourth-order valence-electron chi connectivity index (χ4n) is 2.92. The van der Waals surface area contributed by atoms with Gasteiger partial charge in [0.15, 0.2) is 5.96 Å². The second-order valence-corrected chi connectivity index (χ2v) is 7.00. The Labute approximate surface area is 181 Å². The van der Waals surface area contributed by atoms with E-state index in [-0.39, 0.29) is 24.0 Å². The van der Waals surface area contributed by atoms with E-state index in [0.29, 0.717) is 12.6 Å². The van der Waals surface area contributed by atoms with Crippen LogP contribution < -0.4 is 15.4 Å². The van der Waals surface area contributed by atoms with Gasteiger partial charge >= 0.3 is 0 Å². The zero-order chi connectivity index (χ0) is 18.8. The molecule has 0 aliphatic carbocycles. The number of ether oxygens (including phenoxy) is 1. The van der Waals surface area contributed by atoms with Crippen LogP contribution in [0.4, 0.5) is 0 Å². The summed E-state index contributed by atoms with van der Waals surface area (Å²) in [7, 11) is 2.19. The van der Waals surface area contributed by atoms with Gasteiger partial charge in [0.2, 0.25) is 0 Å². The van der Waals surface area contributed by atoms with Gasteiger partial charge in [0.05, 0.1) is 13.1 Å². The lowest BCUT2D eigenvalue weighted by Gasteiger charge is -2.35. The molecule has 1 heterocycles. The lowest BCUT2D eigenvalue weighted by atomic mass is 10.2. The number of likely N-dealkylation sites (N-methyl/N-ethyl adjacent to an activating group) is 1. The Hall–Kier alpha value is -1.06. The predicted octanol–water partition coefficient (Wildman–Crippen LogP) is 2.18. The zero-order valence-corrected chi connectivity index (χ0v) is 19.5. The van der Waals surface area contributed by atoms with E-state index in [2.05, 4.69) is 60.4 Å². The molecule has 2 rings (SSSR count). The third-order valence-electron chi connectivity index (χ3n) is 4.70. The molecule has 0 saturated carbocycles. The highest BCUT2D eigenvalue weighted by molar-refractivity contribution is 14.0. The van der Waals surface area contributed by atoms with Crippen molar-refractivity contribution in [1.82, 2.24) is 20.4 Å². The fraction of sp³-hybridized carbons (Fsp3) is 0.650. The molecule has 0 spiro atoms. The lowest BCUT2D eigenvalue weighted by molar-refractivity contribution is 0.122. The second kappa shape index (κ2) is 13.2. The second-order valence-electron chi connectivity index (χ2n) is 7.00. The fourth-order valence-corrected chi connectivity index (χ4v) is 2.92. The number of rotatable bonds is 8. The van der Waals surface area contributed by atoms with Gasteiger partial charge in [-0.15, -0.1) is 24.0 Å². The number of hydrogen-bond donors (Lipinski definition) is 2. The molecular formula is C20H36IN5O. The van der Waals surface area contributed by atoms with Crippen molar-refractivity contribution in [3.05, 3.63) is 29.8 Å². The minimum atomic E-state index is 0. The van der Waals surface area contributed by atoms with E-state index in [1.54, 1.807) is 0 Å². The van der Waals surface area contributed by atoms with Crippen LogP contribution in [0.3, 0.4) is 0 Å². The summed E-state index contributed by atoms with van der Waals surface area (Å²) in [4.78, 5) is 9.65. The Morgan fingerprint density at radius 1 is 1.15 bits per heavy atom. The number of guanidine groups is 1. The number of piperazine rings is 1. The number of aryl methyl sites for hydroxylation is 1. The summed E-state index contributed by atoms with van der Waals surface area (Å²) in [6, 6.07) is 8.60. The molecule has 1 saturated heterocycles. The summed E-state index contributed by atoms with van der Waals surface area (Å²) in [5.74, 6) is 1.77. The molecule has 1 atom stereocenters. The Morgan fingerprint density at radius 3 is 2.44 bits per heavy atom. The van der Waals surface area contributed by atoms with Gasteiger partial charge in [-0.2, -0.15) is 0 Å². The Balaban J connectivity index is 0.00000364. The van der Waals surface area contributed by atoms with Crippen LogP contribution in [0.1, 0.15) is 19.4 Å². The molecule has 2 N–H and O–H groups in total. The summed E-state index contributed by atoms with van der Waals surface area (Å²) in [5.41, 5.74) is 1.24. The molecule has 1 aromatic rings. The van der Waals surface area contributed by atoms with Crippen molar-refractivity contribution in [2.45, 2.75) is 26.8 Å². The van der Waals surface area contributed by atoms with Crippen LogP contribution in [0.5, 0.6) is 5.75 Å². The molecule has 1 fully saturated rings. The van der Waals surface area contributed by atoms with E-state index in [4.69, 9.17) is 9.73 Å². The molecule has 7 heteroatoms. The maximum absolute atomic E-state index is 5.76. The molecule has 1 aliphatic rings. The molecule has 1 aliphatic heterocycles. The van der Waals surface area contributed by atoms with Crippen molar-refractivity contribution in [2.24, 2.45) is 4.99 Å². The standard InChI is InChI=1S/C20H35N5O.HI/c1-5-21-20(22-10-15-26-19-8-6-17(2)7-9-19)23-16-18(3)25-13-11-24(4)12-14-25;/h6-9,18H,5,10-16H2,1-4H3,(H2,21,22,23);1H. The first-order chi connectivity index (χ1) is 12.6. The average Bonchev–Trinajstić information content (AvgIpc) is 2.65. The topological polar surface area (TPSA) is 52.1 Å². The molecule has 0 aromatic heterocycles. The van der Waals surface area contributed by atoms with Crippen molar-refractivity contribution in [3.8, 4) is 5.75 Å². The first-order valence-corrected chi connectivity index (χ1v) is 9.72. The van der Waals surface area contributed by atoms with Gasteiger partial charge in [-0.05, 0) is 40.0 Å². The third kappa shape index (κ3) is 9.12. The largest absolute Gasteiger partial charge is 0.492 e. The third-order valence-corrected chi connectivity index (χ3v) is 4.70. The molecule has 27 heavy (non-hydrogen) atoms. The number of aliphatic imine (C=N–C) groups is 1. The Kier molecular flexibility index (Phi) is 11.7. The lowest BCUT2D eigenvalue weighted by Crippen LogP contribution is -2.49. The minimum absolute atomic E-state index is 0. The molecule has 154 valence electrons. The summed E-state index contributed by atoms with van der Waals surface area (Å²) in [6.07, 6.45) is 0. The number of nitrogens with one attached hydrogen (secondary N) is 2. The van der Waals surface area contributed by atoms with Crippen molar-refractivity contribution >= 4 is 29.9 Å². The maximum atomic E-state index is 5.76. The highest BCUT2D eigenvalue weighted by atomic mass is 127. The SMILES string of the molecule is CCNC(=NCC(C)N1CCN(C)CC1)NCCOc1ccc(C)cc1.I. The van der Waals surface area contributed by atoms with Crippen LogP contribution in [0.15, 0.2) is 29.3 Å². The van der Waals surface area contributed by atoms with E-state index >= 15 is 0 Å². The summed E-state index contributed by atoms with van der Waals surface area (Å²) >= 11 is 0. The van der Waals surface area contributed by atoms with Crippen LogP contribution in [0, 0.1) is 6.92 Å². The summed E-state index contributed by atoms with van der Waals surface area (Å²) < 4.78 is 5.76. The van der Waals surface area contributed by atoms with E-state index in [1.165, 1.54) is 5.56 Å². The van der Waals surface area contributed by atoms with E-state index in [0.717, 1.165) is 57.5 Å². The van der Waals surface area contributed by atoms with Crippen LogP contribution in [-0.2, 0) is 0 Å². The molecule has 6 nitrogen and oxygen atoms in total. The molecule has 1 unspecified atom stereocenters. The smallest absolute Gasteiger partial charge is 0.191 e. The zero-order valence-electron chi connectivity index (χ0n) is 17.2.